The monoisotopic (exact) mass is 394 g/mol. The number of piperidine rings is 1. The number of rotatable bonds is 4. The van der Waals surface area contributed by atoms with Gasteiger partial charge in [0.25, 0.3) is 5.56 Å². The van der Waals surface area contributed by atoms with Gasteiger partial charge in [0.1, 0.15) is 6.61 Å². The first-order valence-corrected chi connectivity index (χ1v) is 10.2. The average molecular weight is 394 g/mol. The summed E-state index contributed by atoms with van der Waals surface area (Å²) in [6.45, 7) is 8.32. The van der Waals surface area contributed by atoms with Crippen LogP contribution < -0.4 is 5.56 Å². The van der Waals surface area contributed by atoms with Gasteiger partial charge in [-0.3, -0.25) is 9.59 Å². The van der Waals surface area contributed by atoms with Gasteiger partial charge in [-0.25, -0.2) is 9.78 Å². The molecule has 0 atom stereocenters. The van der Waals surface area contributed by atoms with Crippen molar-refractivity contribution in [3.8, 4) is 0 Å². The molecule has 0 unspecified atom stereocenters. The van der Waals surface area contributed by atoms with Crippen molar-refractivity contribution in [2.75, 3.05) is 32.0 Å². The van der Waals surface area contributed by atoms with Crippen LogP contribution in [0.2, 0.25) is 0 Å². The molecule has 8 nitrogen and oxygen atoms in total. The molecule has 2 saturated heterocycles. The van der Waals surface area contributed by atoms with Gasteiger partial charge in [-0.05, 0) is 12.8 Å². The second-order valence-corrected chi connectivity index (χ2v) is 8.86. The number of aromatic amines is 1. The lowest BCUT2D eigenvalue weighted by Gasteiger charge is -2.35. The highest BCUT2D eigenvalue weighted by atomic mass is 32.2. The molecule has 2 amide bonds. The molecule has 0 aromatic carbocycles. The molecule has 148 valence electrons. The minimum Gasteiger partial charge on any atom is -0.448 e. The van der Waals surface area contributed by atoms with Gasteiger partial charge in [0, 0.05) is 30.6 Å². The molecule has 1 N–H and O–H groups in total. The number of ether oxygens (including phenoxy) is 1. The van der Waals surface area contributed by atoms with Crippen molar-refractivity contribution in [2.45, 2.75) is 50.2 Å². The number of H-pyrrole nitrogens is 1. The lowest BCUT2D eigenvalue weighted by Crippen LogP contribution is -2.47. The van der Waals surface area contributed by atoms with Crippen LogP contribution >= 0.6 is 11.8 Å². The first-order chi connectivity index (χ1) is 12.7. The number of hydrogen-bond acceptors (Lipinski definition) is 6. The highest BCUT2D eigenvalue weighted by Gasteiger charge is 2.33. The number of carbonyl (C=O) groups excluding carboxylic acids is 2. The average Bonchev–Trinajstić information content (AvgIpc) is 3.04. The Morgan fingerprint density at radius 3 is 2.59 bits per heavy atom. The second kappa shape index (κ2) is 7.92. The van der Waals surface area contributed by atoms with Gasteiger partial charge in [-0.1, -0.05) is 32.5 Å². The number of cyclic esters (lactones) is 1. The third-order valence-electron chi connectivity index (χ3n) is 4.87. The van der Waals surface area contributed by atoms with Crippen LogP contribution in [0.25, 0.3) is 0 Å². The molecule has 3 rings (SSSR count). The van der Waals surface area contributed by atoms with Crippen LogP contribution in [0.3, 0.4) is 0 Å². The number of amides is 2. The topological polar surface area (TPSA) is 95.6 Å². The quantitative estimate of drug-likeness (QED) is 0.616. The van der Waals surface area contributed by atoms with Crippen molar-refractivity contribution in [2.24, 2.45) is 0 Å². The van der Waals surface area contributed by atoms with Gasteiger partial charge >= 0.3 is 6.09 Å². The molecule has 0 saturated carbocycles. The normalized spacial score (nSPS) is 18.7. The number of aromatic nitrogens is 2. The van der Waals surface area contributed by atoms with Crippen LogP contribution in [0, 0.1) is 0 Å². The lowest BCUT2D eigenvalue weighted by atomic mass is 9.92. The summed E-state index contributed by atoms with van der Waals surface area (Å²) in [5.74, 6) is 0.249. The summed E-state index contributed by atoms with van der Waals surface area (Å²) < 4.78 is 4.99. The fourth-order valence-electron chi connectivity index (χ4n) is 3.27. The van der Waals surface area contributed by atoms with Crippen molar-refractivity contribution in [3.05, 3.63) is 22.1 Å². The Labute approximate surface area is 162 Å². The van der Waals surface area contributed by atoms with Gasteiger partial charge < -0.3 is 19.5 Å². The van der Waals surface area contributed by atoms with E-state index in [1.165, 1.54) is 17.8 Å². The van der Waals surface area contributed by atoms with Crippen molar-refractivity contribution >= 4 is 23.8 Å². The smallest absolute Gasteiger partial charge is 0.410 e. The number of hydrogen-bond donors (Lipinski definition) is 1. The zero-order chi connectivity index (χ0) is 19.6. The van der Waals surface area contributed by atoms with E-state index in [0.717, 1.165) is 12.8 Å². The van der Waals surface area contributed by atoms with E-state index in [9.17, 15) is 14.4 Å². The molecule has 0 bridgehead atoms. The molecule has 2 aliphatic rings. The van der Waals surface area contributed by atoms with E-state index < -0.39 is 0 Å². The molecule has 1 aromatic heterocycles. The summed E-state index contributed by atoms with van der Waals surface area (Å²) in [5.41, 5.74) is 0.273. The minimum absolute atomic E-state index is 0.0197. The van der Waals surface area contributed by atoms with Gasteiger partial charge in [-0.2, -0.15) is 0 Å². The van der Waals surface area contributed by atoms with E-state index in [1.807, 2.05) is 25.7 Å². The zero-order valence-electron chi connectivity index (χ0n) is 16.0. The Kier molecular flexibility index (Phi) is 5.78. The molecule has 0 aliphatic carbocycles. The van der Waals surface area contributed by atoms with Gasteiger partial charge in [0.15, 0.2) is 5.16 Å². The van der Waals surface area contributed by atoms with E-state index in [0.29, 0.717) is 37.1 Å². The van der Waals surface area contributed by atoms with Crippen molar-refractivity contribution in [1.82, 2.24) is 19.8 Å². The number of nitrogens with zero attached hydrogens (tertiary/aromatic N) is 3. The van der Waals surface area contributed by atoms with Gasteiger partial charge in [0.2, 0.25) is 5.91 Å². The first kappa shape index (κ1) is 19.7. The van der Waals surface area contributed by atoms with E-state index in [4.69, 9.17) is 4.74 Å². The first-order valence-electron chi connectivity index (χ1n) is 9.20. The summed E-state index contributed by atoms with van der Waals surface area (Å²) in [6, 6.07) is 1.65. The largest absolute Gasteiger partial charge is 0.448 e. The Balaban J connectivity index is 1.52. The molecular weight excluding hydrogens is 368 g/mol. The lowest BCUT2D eigenvalue weighted by molar-refractivity contribution is -0.129. The minimum atomic E-state index is -0.246. The fourth-order valence-corrected chi connectivity index (χ4v) is 4.05. The molecular formula is C18H26N4O4S. The predicted octanol–water partition coefficient (Wildman–Crippen LogP) is 1.60. The maximum atomic E-state index is 12.5. The molecule has 3 heterocycles. The molecule has 0 radical (unpaired) electrons. The van der Waals surface area contributed by atoms with Crippen molar-refractivity contribution < 1.29 is 14.3 Å². The highest BCUT2D eigenvalue weighted by Crippen LogP contribution is 2.23. The van der Waals surface area contributed by atoms with E-state index in [1.54, 1.807) is 4.90 Å². The third kappa shape index (κ3) is 4.82. The molecule has 9 heteroatoms. The fraction of sp³-hybridized carbons (Fsp3) is 0.667. The van der Waals surface area contributed by atoms with Crippen LogP contribution in [0.1, 0.15) is 39.3 Å². The van der Waals surface area contributed by atoms with Crippen LogP contribution in [0.5, 0.6) is 0 Å². The van der Waals surface area contributed by atoms with E-state index in [2.05, 4.69) is 9.97 Å². The summed E-state index contributed by atoms with van der Waals surface area (Å²) in [5, 5.41) is 0.468. The number of carbonyl (C=O) groups is 2. The molecule has 2 fully saturated rings. The van der Waals surface area contributed by atoms with E-state index >= 15 is 0 Å². The van der Waals surface area contributed by atoms with Gasteiger partial charge in [0.05, 0.1) is 18.0 Å². The van der Waals surface area contributed by atoms with Crippen molar-refractivity contribution in [1.29, 1.82) is 0 Å². The number of thioether (sulfide) groups is 1. The van der Waals surface area contributed by atoms with Gasteiger partial charge in [-0.15, -0.1) is 0 Å². The molecule has 27 heavy (non-hydrogen) atoms. The maximum absolute atomic E-state index is 12.5. The predicted molar refractivity (Wildman–Crippen MR) is 102 cm³/mol. The van der Waals surface area contributed by atoms with Crippen molar-refractivity contribution in [3.63, 3.8) is 0 Å². The van der Waals surface area contributed by atoms with Crippen LogP contribution in [-0.4, -0.2) is 69.8 Å². The molecule has 0 spiro atoms. The summed E-state index contributed by atoms with van der Waals surface area (Å²) >= 11 is 1.25. The Bertz CT molecular complexity index is 765. The van der Waals surface area contributed by atoms with E-state index in [-0.39, 0.29) is 34.8 Å². The number of nitrogens with one attached hydrogen (secondary N) is 1. The highest BCUT2D eigenvalue weighted by molar-refractivity contribution is 7.99. The molecule has 1 aromatic rings. The Morgan fingerprint density at radius 2 is 2.00 bits per heavy atom. The number of likely N-dealkylation sites (tertiary alicyclic amines) is 1. The Morgan fingerprint density at radius 1 is 1.30 bits per heavy atom. The molecule has 2 aliphatic heterocycles. The Hall–Kier alpha value is -2.03. The van der Waals surface area contributed by atoms with Crippen LogP contribution in [0.4, 0.5) is 4.79 Å². The van der Waals surface area contributed by atoms with Crippen LogP contribution in [0.15, 0.2) is 16.0 Å². The zero-order valence-corrected chi connectivity index (χ0v) is 16.8. The SMILES string of the molecule is CC(C)(C)c1cc(=O)[nH]c(SCC(=O)N2CCC(N3CCOC3=O)CC2)n1. The van der Waals surface area contributed by atoms with Crippen LogP contribution in [-0.2, 0) is 14.9 Å². The maximum Gasteiger partial charge on any atom is 0.410 e. The second-order valence-electron chi connectivity index (χ2n) is 7.89. The standard InChI is InChI=1S/C18H26N4O4S/c1-18(2,3)13-10-14(23)20-16(19-13)27-11-15(24)21-6-4-12(5-7-21)22-8-9-26-17(22)25/h10,12H,4-9,11H2,1-3H3,(H,19,20,23). The summed E-state index contributed by atoms with van der Waals surface area (Å²) in [6.07, 6.45) is 1.28. The summed E-state index contributed by atoms with van der Waals surface area (Å²) in [4.78, 5) is 46.8. The third-order valence-corrected chi connectivity index (χ3v) is 5.73. The summed E-state index contributed by atoms with van der Waals surface area (Å²) in [7, 11) is 0.